The largest absolute Gasteiger partial charge is 0.444 e. The van der Waals surface area contributed by atoms with Crippen molar-refractivity contribution in [2.24, 2.45) is 5.73 Å². The van der Waals surface area contributed by atoms with Gasteiger partial charge >= 0.3 is 6.09 Å². The van der Waals surface area contributed by atoms with Crippen LogP contribution in [0.25, 0.3) is 0 Å². The number of hydrogen-bond donors (Lipinski definition) is 1. The monoisotopic (exact) mass is 468 g/mol. The number of likely N-dealkylation sites (tertiary alicyclic amines) is 1. The Morgan fingerprint density at radius 3 is 1.94 bits per heavy atom. The summed E-state index contributed by atoms with van der Waals surface area (Å²) in [5.74, 6) is 0. The van der Waals surface area contributed by atoms with Crippen LogP contribution >= 0.6 is 0 Å². The Bertz CT molecular complexity index is 867. The molecule has 180 valence electrons. The molecule has 1 amide bonds. The molecular formula is C27H40N2O3Si. The van der Waals surface area contributed by atoms with E-state index in [2.05, 4.69) is 69.3 Å². The molecule has 0 bridgehead atoms. The van der Waals surface area contributed by atoms with Crippen LogP contribution in [0.5, 0.6) is 0 Å². The van der Waals surface area contributed by atoms with E-state index in [1.165, 1.54) is 10.4 Å². The van der Waals surface area contributed by atoms with Gasteiger partial charge in [-0.2, -0.15) is 0 Å². The number of amides is 1. The van der Waals surface area contributed by atoms with Crippen molar-refractivity contribution >= 4 is 24.8 Å². The predicted octanol–water partition coefficient (Wildman–Crippen LogP) is 4.29. The Labute approximate surface area is 200 Å². The Hall–Kier alpha value is -2.15. The Morgan fingerprint density at radius 1 is 0.970 bits per heavy atom. The first kappa shape index (κ1) is 25.5. The number of carbonyl (C=O) groups excluding carboxylic acids is 1. The molecule has 33 heavy (non-hydrogen) atoms. The number of nitrogens with zero attached hydrogens (tertiary/aromatic N) is 1. The maximum atomic E-state index is 13.0. The minimum absolute atomic E-state index is 0.0523. The van der Waals surface area contributed by atoms with Crippen molar-refractivity contribution < 1.29 is 14.0 Å². The molecule has 1 heterocycles. The zero-order valence-electron chi connectivity index (χ0n) is 21.0. The second-order valence-electron chi connectivity index (χ2n) is 11.1. The first-order valence-corrected chi connectivity index (χ1v) is 13.8. The van der Waals surface area contributed by atoms with Gasteiger partial charge in [0.05, 0.1) is 12.6 Å². The van der Waals surface area contributed by atoms with Crippen molar-refractivity contribution in [2.75, 3.05) is 13.2 Å². The van der Waals surface area contributed by atoms with E-state index in [0.717, 1.165) is 6.42 Å². The van der Waals surface area contributed by atoms with Gasteiger partial charge in [0.2, 0.25) is 0 Å². The van der Waals surface area contributed by atoms with Crippen LogP contribution in [0.3, 0.4) is 0 Å². The van der Waals surface area contributed by atoms with Crippen LogP contribution in [0.4, 0.5) is 4.79 Å². The van der Waals surface area contributed by atoms with Crippen molar-refractivity contribution in [3.63, 3.8) is 0 Å². The highest BCUT2D eigenvalue weighted by Gasteiger charge is 2.51. The van der Waals surface area contributed by atoms with Crippen LogP contribution in [-0.4, -0.2) is 50.1 Å². The molecule has 0 saturated carbocycles. The lowest BCUT2D eigenvalue weighted by atomic mass is 9.99. The lowest BCUT2D eigenvalue weighted by Crippen LogP contribution is -2.67. The first-order valence-electron chi connectivity index (χ1n) is 11.9. The average molecular weight is 469 g/mol. The van der Waals surface area contributed by atoms with Crippen molar-refractivity contribution in [1.29, 1.82) is 0 Å². The standard InChI is InChI=1S/C27H40N2O3Si/c1-26(2,3)32-25(30)29-18-17-21(28)19-22(29)20-31-33(27(4,5)6,23-13-9-7-10-14-23)24-15-11-8-12-16-24/h7-16,21-22H,17-20,28H2,1-6H3/t21-,22-/m0/s1. The number of nitrogens with two attached hydrogens (primary N) is 1. The summed E-state index contributed by atoms with van der Waals surface area (Å²) in [6.07, 6.45) is 1.19. The maximum Gasteiger partial charge on any atom is 0.410 e. The van der Waals surface area contributed by atoms with Crippen LogP contribution in [0, 0.1) is 0 Å². The van der Waals surface area contributed by atoms with Crippen molar-refractivity contribution in [2.45, 2.75) is 77.1 Å². The van der Waals surface area contributed by atoms with Gasteiger partial charge in [-0.1, -0.05) is 81.4 Å². The molecule has 6 heteroatoms. The van der Waals surface area contributed by atoms with E-state index in [9.17, 15) is 4.79 Å². The molecule has 2 N–H and O–H groups in total. The second kappa shape index (κ2) is 10.00. The number of rotatable bonds is 5. The van der Waals surface area contributed by atoms with E-state index < -0.39 is 13.9 Å². The third-order valence-electron chi connectivity index (χ3n) is 6.29. The molecule has 5 nitrogen and oxygen atoms in total. The minimum Gasteiger partial charge on any atom is -0.444 e. The highest BCUT2D eigenvalue weighted by molar-refractivity contribution is 6.99. The van der Waals surface area contributed by atoms with Crippen LogP contribution in [0.2, 0.25) is 5.04 Å². The number of carbonyl (C=O) groups is 1. The third-order valence-corrected chi connectivity index (χ3v) is 11.3. The number of hydrogen-bond acceptors (Lipinski definition) is 4. The molecule has 2 aromatic carbocycles. The lowest BCUT2D eigenvalue weighted by Gasteiger charge is -2.45. The molecule has 0 spiro atoms. The fourth-order valence-electron chi connectivity index (χ4n) is 4.78. The van der Waals surface area contributed by atoms with Crippen molar-refractivity contribution in [3.8, 4) is 0 Å². The summed E-state index contributed by atoms with van der Waals surface area (Å²) >= 11 is 0. The van der Waals surface area contributed by atoms with Gasteiger partial charge in [0, 0.05) is 12.6 Å². The molecule has 1 aliphatic rings. The van der Waals surface area contributed by atoms with Crippen LogP contribution < -0.4 is 16.1 Å². The van der Waals surface area contributed by atoms with Gasteiger partial charge < -0.3 is 19.8 Å². The molecule has 2 atom stereocenters. The van der Waals surface area contributed by atoms with Gasteiger partial charge in [0.15, 0.2) is 0 Å². The summed E-state index contributed by atoms with van der Waals surface area (Å²) in [4.78, 5) is 14.8. The first-order chi connectivity index (χ1) is 15.4. The fraction of sp³-hybridized carbons (Fsp3) is 0.519. The zero-order valence-corrected chi connectivity index (χ0v) is 22.0. The van der Waals surface area contributed by atoms with Gasteiger partial charge in [-0.05, 0) is 49.0 Å². The SMILES string of the molecule is CC(C)(C)OC(=O)N1CC[C@H](N)C[C@H]1CO[Si](c1ccccc1)(c1ccccc1)C(C)(C)C. The van der Waals surface area contributed by atoms with E-state index in [1.807, 2.05) is 37.8 Å². The molecule has 2 aromatic rings. The van der Waals surface area contributed by atoms with Crippen LogP contribution in [0.15, 0.2) is 60.7 Å². The van der Waals surface area contributed by atoms with Gasteiger partial charge in [-0.25, -0.2) is 4.79 Å². The fourth-order valence-corrected chi connectivity index (χ4v) is 9.38. The normalized spacial score (nSPS) is 19.9. The molecule has 0 aliphatic carbocycles. The summed E-state index contributed by atoms with van der Waals surface area (Å²) in [6.45, 7) is 13.5. The third kappa shape index (κ3) is 5.86. The summed E-state index contributed by atoms with van der Waals surface area (Å²) < 4.78 is 12.8. The Kier molecular flexibility index (Phi) is 7.71. The second-order valence-corrected chi connectivity index (χ2v) is 15.4. The predicted molar refractivity (Wildman–Crippen MR) is 138 cm³/mol. The van der Waals surface area contributed by atoms with E-state index in [4.69, 9.17) is 14.9 Å². The molecule has 0 aromatic heterocycles. The number of benzene rings is 2. The van der Waals surface area contributed by atoms with Crippen molar-refractivity contribution in [1.82, 2.24) is 4.90 Å². The molecule has 0 unspecified atom stereocenters. The average Bonchev–Trinajstić information content (AvgIpc) is 2.73. The quantitative estimate of drug-likeness (QED) is 0.665. The van der Waals surface area contributed by atoms with E-state index in [1.54, 1.807) is 0 Å². The minimum atomic E-state index is -2.69. The topological polar surface area (TPSA) is 64.8 Å². The Morgan fingerprint density at radius 2 is 1.48 bits per heavy atom. The van der Waals surface area contributed by atoms with Crippen LogP contribution in [0.1, 0.15) is 54.4 Å². The Balaban J connectivity index is 1.98. The summed E-state index contributed by atoms with van der Waals surface area (Å²) in [7, 11) is -2.69. The van der Waals surface area contributed by atoms with Gasteiger partial charge in [0.25, 0.3) is 8.32 Å². The van der Waals surface area contributed by atoms with E-state index in [-0.39, 0.29) is 23.2 Å². The highest BCUT2D eigenvalue weighted by atomic mass is 28.4. The summed E-state index contributed by atoms with van der Waals surface area (Å²) in [5.41, 5.74) is 5.80. The molecule has 1 aliphatic heterocycles. The smallest absolute Gasteiger partial charge is 0.410 e. The van der Waals surface area contributed by atoms with Crippen LogP contribution in [-0.2, 0) is 9.16 Å². The highest BCUT2D eigenvalue weighted by Crippen LogP contribution is 2.37. The van der Waals surface area contributed by atoms with Gasteiger partial charge in [0.1, 0.15) is 5.60 Å². The maximum absolute atomic E-state index is 13.0. The van der Waals surface area contributed by atoms with Gasteiger partial charge in [-0.3, -0.25) is 0 Å². The van der Waals surface area contributed by atoms with Gasteiger partial charge in [-0.15, -0.1) is 0 Å². The molecule has 1 fully saturated rings. The van der Waals surface area contributed by atoms with Crippen molar-refractivity contribution in [3.05, 3.63) is 60.7 Å². The molecule has 3 rings (SSSR count). The molecule has 1 saturated heterocycles. The summed E-state index contributed by atoms with van der Waals surface area (Å²) in [5, 5.41) is 2.34. The number of ether oxygens (including phenoxy) is 1. The van der Waals surface area contributed by atoms with E-state index in [0.29, 0.717) is 19.6 Å². The van der Waals surface area contributed by atoms with E-state index >= 15 is 0 Å². The zero-order chi connectivity index (χ0) is 24.3. The lowest BCUT2D eigenvalue weighted by molar-refractivity contribution is 0.00117. The number of piperidine rings is 1. The molecule has 0 radical (unpaired) electrons. The summed E-state index contributed by atoms with van der Waals surface area (Å²) in [6, 6.07) is 21.1. The molecular weight excluding hydrogens is 428 g/mol.